The zero-order chi connectivity index (χ0) is 14.2. The molecule has 1 amide bonds. The number of hydrogen-bond donors (Lipinski definition) is 1. The molecule has 2 N–H and O–H groups in total. The van der Waals surface area contributed by atoms with Crippen molar-refractivity contribution in [3.05, 3.63) is 27.7 Å². The zero-order valence-electron chi connectivity index (χ0n) is 11.1. The van der Waals surface area contributed by atoms with Gasteiger partial charge in [-0.15, -0.1) is 0 Å². The van der Waals surface area contributed by atoms with E-state index in [1.54, 1.807) is 12.1 Å². The summed E-state index contributed by atoms with van der Waals surface area (Å²) in [6.45, 7) is 5.89. The van der Waals surface area contributed by atoms with Gasteiger partial charge in [0, 0.05) is 18.7 Å². The second-order valence-electron chi connectivity index (χ2n) is 5.52. The van der Waals surface area contributed by atoms with Gasteiger partial charge in [-0.25, -0.2) is 0 Å². The Morgan fingerprint density at radius 1 is 1.26 bits per heavy atom. The summed E-state index contributed by atoms with van der Waals surface area (Å²) in [6, 6.07) is 3.19. The van der Waals surface area contributed by atoms with Crippen molar-refractivity contribution in [2.75, 3.05) is 18.8 Å². The van der Waals surface area contributed by atoms with Gasteiger partial charge in [-0.1, -0.05) is 37.0 Å². The number of nitrogen functional groups attached to an aromatic ring is 1. The van der Waals surface area contributed by atoms with Crippen LogP contribution in [0.15, 0.2) is 12.1 Å². The van der Waals surface area contributed by atoms with E-state index in [4.69, 9.17) is 28.9 Å². The van der Waals surface area contributed by atoms with E-state index in [0.29, 0.717) is 33.1 Å². The molecule has 0 saturated carbocycles. The number of nitrogens with zero attached hydrogens (tertiary/aromatic N) is 1. The number of piperidine rings is 1. The molecule has 1 heterocycles. The number of likely N-dealkylation sites (tertiary alicyclic amines) is 1. The van der Waals surface area contributed by atoms with Gasteiger partial charge in [0.05, 0.1) is 15.7 Å². The number of benzene rings is 1. The molecule has 1 aromatic carbocycles. The van der Waals surface area contributed by atoms with Crippen LogP contribution in [0.25, 0.3) is 0 Å². The highest BCUT2D eigenvalue weighted by Gasteiger charge is 2.26. The van der Waals surface area contributed by atoms with Crippen LogP contribution >= 0.6 is 23.2 Å². The Balaban J connectivity index is 2.24. The van der Waals surface area contributed by atoms with Crippen LogP contribution in [-0.4, -0.2) is 23.9 Å². The number of nitrogens with two attached hydrogens (primary N) is 1. The van der Waals surface area contributed by atoms with Crippen LogP contribution in [-0.2, 0) is 0 Å². The van der Waals surface area contributed by atoms with Crippen LogP contribution < -0.4 is 5.73 Å². The van der Waals surface area contributed by atoms with Crippen molar-refractivity contribution in [2.45, 2.75) is 20.3 Å². The van der Waals surface area contributed by atoms with Crippen molar-refractivity contribution >= 4 is 34.8 Å². The number of amides is 1. The number of anilines is 1. The maximum absolute atomic E-state index is 12.5. The summed E-state index contributed by atoms with van der Waals surface area (Å²) in [5, 5.41) is 0.627. The van der Waals surface area contributed by atoms with E-state index >= 15 is 0 Å². The average Bonchev–Trinajstić information content (AvgIpc) is 2.33. The van der Waals surface area contributed by atoms with E-state index in [1.807, 2.05) is 4.90 Å². The van der Waals surface area contributed by atoms with Crippen LogP contribution in [0, 0.1) is 11.8 Å². The Morgan fingerprint density at radius 2 is 1.84 bits per heavy atom. The SMILES string of the molecule is CC1CC(C)CN(C(=O)c2cc(N)c(Cl)c(Cl)c2)C1. The lowest BCUT2D eigenvalue weighted by Crippen LogP contribution is -2.42. The summed E-state index contributed by atoms with van der Waals surface area (Å²) in [5.74, 6) is 1.02. The molecule has 104 valence electrons. The number of carbonyl (C=O) groups is 1. The minimum atomic E-state index is -0.0244. The van der Waals surface area contributed by atoms with Gasteiger partial charge in [-0.3, -0.25) is 4.79 Å². The van der Waals surface area contributed by atoms with Crippen molar-refractivity contribution in [2.24, 2.45) is 11.8 Å². The van der Waals surface area contributed by atoms with Crippen molar-refractivity contribution in [1.82, 2.24) is 4.90 Å². The summed E-state index contributed by atoms with van der Waals surface area (Å²) >= 11 is 11.9. The number of hydrogen-bond acceptors (Lipinski definition) is 2. The molecule has 1 aliphatic rings. The molecule has 1 aromatic rings. The lowest BCUT2D eigenvalue weighted by Gasteiger charge is -2.35. The van der Waals surface area contributed by atoms with Crippen LogP contribution in [0.3, 0.4) is 0 Å². The maximum Gasteiger partial charge on any atom is 0.254 e. The summed E-state index contributed by atoms with van der Waals surface area (Å²) in [4.78, 5) is 14.3. The van der Waals surface area contributed by atoms with Gasteiger partial charge >= 0.3 is 0 Å². The topological polar surface area (TPSA) is 46.3 Å². The molecule has 19 heavy (non-hydrogen) atoms. The fourth-order valence-corrected chi connectivity index (χ4v) is 3.08. The first kappa shape index (κ1) is 14.5. The summed E-state index contributed by atoms with van der Waals surface area (Å²) < 4.78 is 0. The second kappa shape index (κ2) is 5.59. The molecule has 0 radical (unpaired) electrons. The maximum atomic E-state index is 12.5. The van der Waals surface area contributed by atoms with Crippen molar-refractivity contribution in [3.8, 4) is 0 Å². The van der Waals surface area contributed by atoms with Gasteiger partial charge in [-0.05, 0) is 30.4 Å². The molecule has 1 saturated heterocycles. The minimum absolute atomic E-state index is 0.0244. The third-order valence-electron chi connectivity index (χ3n) is 3.46. The Bertz CT molecular complexity index is 471. The smallest absolute Gasteiger partial charge is 0.254 e. The molecule has 0 aliphatic carbocycles. The average molecular weight is 301 g/mol. The van der Waals surface area contributed by atoms with Crippen LogP contribution in [0.4, 0.5) is 5.69 Å². The molecule has 0 bridgehead atoms. The molecule has 0 aromatic heterocycles. The minimum Gasteiger partial charge on any atom is -0.397 e. The largest absolute Gasteiger partial charge is 0.397 e. The van der Waals surface area contributed by atoms with Gasteiger partial charge in [0.15, 0.2) is 0 Å². The van der Waals surface area contributed by atoms with Crippen molar-refractivity contribution in [3.63, 3.8) is 0 Å². The quantitative estimate of drug-likeness (QED) is 0.804. The Morgan fingerprint density at radius 3 is 2.37 bits per heavy atom. The van der Waals surface area contributed by atoms with E-state index < -0.39 is 0 Å². The van der Waals surface area contributed by atoms with E-state index in [1.165, 1.54) is 0 Å². The van der Waals surface area contributed by atoms with Gasteiger partial charge in [-0.2, -0.15) is 0 Å². The highest BCUT2D eigenvalue weighted by molar-refractivity contribution is 6.43. The lowest BCUT2D eigenvalue weighted by atomic mass is 9.91. The fraction of sp³-hybridized carbons (Fsp3) is 0.500. The molecule has 0 spiro atoms. The third-order valence-corrected chi connectivity index (χ3v) is 4.28. The Hall–Kier alpha value is -0.930. The van der Waals surface area contributed by atoms with Crippen LogP contribution in [0.1, 0.15) is 30.6 Å². The van der Waals surface area contributed by atoms with Crippen molar-refractivity contribution in [1.29, 1.82) is 0 Å². The molecular formula is C14H18Cl2N2O. The lowest BCUT2D eigenvalue weighted by molar-refractivity contribution is 0.0623. The van der Waals surface area contributed by atoms with Crippen LogP contribution in [0.2, 0.25) is 10.0 Å². The summed E-state index contributed by atoms with van der Waals surface area (Å²) in [5.41, 5.74) is 6.61. The van der Waals surface area contributed by atoms with Gasteiger partial charge < -0.3 is 10.6 Å². The summed E-state index contributed by atoms with van der Waals surface area (Å²) in [6.07, 6.45) is 1.16. The monoisotopic (exact) mass is 300 g/mol. The molecule has 5 heteroatoms. The second-order valence-corrected chi connectivity index (χ2v) is 6.30. The molecule has 3 nitrogen and oxygen atoms in total. The molecular weight excluding hydrogens is 283 g/mol. The van der Waals surface area contributed by atoms with E-state index in [9.17, 15) is 4.79 Å². The molecule has 1 fully saturated rings. The van der Waals surface area contributed by atoms with Crippen molar-refractivity contribution < 1.29 is 4.79 Å². The first-order valence-electron chi connectivity index (χ1n) is 6.42. The van der Waals surface area contributed by atoms with Crippen LogP contribution in [0.5, 0.6) is 0 Å². The van der Waals surface area contributed by atoms with Gasteiger partial charge in [0.2, 0.25) is 0 Å². The predicted octanol–water partition coefficient (Wildman–Crippen LogP) is 3.69. The number of halogens is 2. The third kappa shape index (κ3) is 3.15. The first-order chi connectivity index (χ1) is 8.88. The predicted molar refractivity (Wildman–Crippen MR) is 79.7 cm³/mol. The molecule has 1 aliphatic heterocycles. The van der Waals surface area contributed by atoms with E-state index in [-0.39, 0.29) is 5.91 Å². The first-order valence-corrected chi connectivity index (χ1v) is 7.18. The Kier molecular flexibility index (Phi) is 4.26. The molecule has 2 rings (SSSR count). The number of rotatable bonds is 1. The normalized spacial score (nSPS) is 23.5. The highest BCUT2D eigenvalue weighted by atomic mass is 35.5. The highest BCUT2D eigenvalue weighted by Crippen LogP contribution is 2.30. The van der Waals surface area contributed by atoms with Gasteiger partial charge in [0.1, 0.15) is 0 Å². The fourth-order valence-electron chi connectivity index (χ4n) is 2.75. The van der Waals surface area contributed by atoms with E-state index in [0.717, 1.165) is 19.5 Å². The molecule has 2 atom stereocenters. The zero-order valence-corrected chi connectivity index (χ0v) is 12.6. The van der Waals surface area contributed by atoms with Gasteiger partial charge in [0.25, 0.3) is 5.91 Å². The summed E-state index contributed by atoms with van der Waals surface area (Å²) in [7, 11) is 0. The Labute approximate surface area is 123 Å². The number of carbonyl (C=O) groups excluding carboxylic acids is 1. The standard InChI is InChI=1S/C14H18Cl2N2O/c1-8-3-9(2)7-18(6-8)14(19)10-4-11(15)13(16)12(17)5-10/h4-5,8-9H,3,6-7,17H2,1-2H3. The van der Waals surface area contributed by atoms with E-state index in [2.05, 4.69) is 13.8 Å². The molecule has 2 unspecified atom stereocenters.